The molecule has 0 bridgehead atoms. The zero-order valence-corrected chi connectivity index (χ0v) is 16.5. The minimum atomic E-state index is -0.734. The number of esters is 1. The molecule has 0 saturated carbocycles. The number of para-hydroxylation sites is 1. The molecular weight excluding hydrogens is 398 g/mol. The Labute approximate surface area is 169 Å². The third-order valence-corrected chi connectivity index (χ3v) is 5.23. The Bertz CT molecular complexity index is 1160. The molecule has 0 fully saturated rings. The maximum Gasteiger partial charge on any atom is 0.307 e. The molecule has 0 aliphatic rings. The first kappa shape index (κ1) is 20.2. The van der Waals surface area contributed by atoms with Crippen LogP contribution in [0.2, 0.25) is 0 Å². The molecule has 0 radical (unpaired) electrons. The number of nitro groups is 1. The van der Waals surface area contributed by atoms with Crippen molar-refractivity contribution in [3.8, 4) is 5.75 Å². The Morgan fingerprint density at radius 2 is 1.97 bits per heavy atom. The van der Waals surface area contributed by atoms with Crippen molar-refractivity contribution in [2.45, 2.75) is 13.0 Å². The van der Waals surface area contributed by atoms with Gasteiger partial charge in [0.1, 0.15) is 11.3 Å². The molecule has 0 spiro atoms. The van der Waals surface area contributed by atoms with Gasteiger partial charge in [-0.05, 0) is 24.3 Å². The lowest BCUT2D eigenvalue weighted by Crippen LogP contribution is -2.19. The van der Waals surface area contributed by atoms with Crippen LogP contribution in [0, 0.1) is 10.1 Å². The number of carbonyl (C=O) groups excluding carboxylic acids is 2. The third-order valence-electron chi connectivity index (χ3n) is 4.19. The summed E-state index contributed by atoms with van der Waals surface area (Å²) in [7, 11) is 2.84. The van der Waals surface area contributed by atoms with Gasteiger partial charge in [-0.25, -0.2) is 0 Å². The van der Waals surface area contributed by atoms with Crippen LogP contribution in [0.5, 0.6) is 5.75 Å². The molecule has 3 aromatic rings. The van der Waals surface area contributed by atoms with Gasteiger partial charge in [0.15, 0.2) is 4.80 Å². The smallest absolute Gasteiger partial charge is 0.307 e. The average molecular weight is 415 g/mol. The molecule has 3 rings (SSSR count). The van der Waals surface area contributed by atoms with Crippen LogP contribution < -0.4 is 9.54 Å². The van der Waals surface area contributed by atoms with E-state index in [0.29, 0.717) is 10.6 Å². The quantitative estimate of drug-likeness (QED) is 0.347. The predicted molar refractivity (Wildman–Crippen MR) is 106 cm³/mol. The van der Waals surface area contributed by atoms with Crippen molar-refractivity contribution in [2.75, 3.05) is 14.2 Å². The highest BCUT2D eigenvalue weighted by Crippen LogP contribution is 2.24. The molecule has 150 valence electrons. The second-order valence-electron chi connectivity index (χ2n) is 5.89. The van der Waals surface area contributed by atoms with Gasteiger partial charge in [-0.1, -0.05) is 23.5 Å². The van der Waals surface area contributed by atoms with E-state index in [0.717, 1.165) is 10.2 Å². The number of thiazole rings is 1. The fraction of sp³-hybridized carbons (Fsp3) is 0.211. The predicted octanol–water partition coefficient (Wildman–Crippen LogP) is 2.92. The lowest BCUT2D eigenvalue weighted by Gasteiger charge is -2.05. The van der Waals surface area contributed by atoms with Crippen LogP contribution >= 0.6 is 11.3 Å². The maximum atomic E-state index is 12.7. The fourth-order valence-electron chi connectivity index (χ4n) is 2.75. The lowest BCUT2D eigenvalue weighted by molar-refractivity contribution is -0.385. The number of hydrogen-bond acceptors (Lipinski definition) is 7. The molecule has 2 aromatic carbocycles. The van der Waals surface area contributed by atoms with Crippen LogP contribution in [-0.4, -0.2) is 35.6 Å². The zero-order chi connectivity index (χ0) is 21.0. The molecule has 0 aliphatic carbocycles. The molecule has 0 aliphatic heterocycles. The van der Waals surface area contributed by atoms with Crippen LogP contribution in [0.3, 0.4) is 0 Å². The number of rotatable bonds is 6. The standard InChI is InChI=1S/C19H17N3O6S/c1-27-12-7-8-15-16(11-12)29-19(21(15)10-9-17(23)28-2)20-18(24)13-5-3-4-6-14(13)22(25)26/h3-8,11H,9-10H2,1-2H3. The van der Waals surface area contributed by atoms with Gasteiger partial charge in [-0.15, -0.1) is 0 Å². The Kier molecular flexibility index (Phi) is 6.03. The highest BCUT2D eigenvalue weighted by molar-refractivity contribution is 7.16. The number of benzene rings is 2. The Balaban J connectivity index is 2.12. The van der Waals surface area contributed by atoms with Crippen LogP contribution in [0.25, 0.3) is 10.2 Å². The van der Waals surface area contributed by atoms with E-state index >= 15 is 0 Å². The first-order valence-electron chi connectivity index (χ1n) is 8.51. The highest BCUT2D eigenvalue weighted by atomic mass is 32.1. The summed E-state index contributed by atoms with van der Waals surface area (Å²) >= 11 is 1.22. The van der Waals surface area contributed by atoms with E-state index in [9.17, 15) is 19.7 Å². The van der Waals surface area contributed by atoms with Gasteiger partial charge in [-0.2, -0.15) is 4.99 Å². The number of methoxy groups -OCH3 is 2. The van der Waals surface area contributed by atoms with Crippen molar-refractivity contribution in [2.24, 2.45) is 4.99 Å². The summed E-state index contributed by atoms with van der Waals surface area (Å²) in [6, 6.07) is 11.0. The van der Waals surface area contributed by atoms with Crippen LogP contribution in [0.1, 0.15) is 16.8 Å². The van der Waals surface area contributed by atoms with Gasteiger partial charge >= 0.3 is 5.97 Å². The summed E-state index contributed by atoms with van der Waals surface area (Å²) in [5, 5.41) is 11.2. The summed E-state index contributed by atoms with van der Waals surface area (Å²) in [4.78, 5) is 39.3. The van der Waals surface area contributed by atoms with E-state index < -0.39 is 16.8 Å². The van der Waals surface area contributed by atoms with E-state index in [1.807, 2.05) is 0 Å². The van der Waals surface area contributed by atoms with Gasteiger partial charge < -0.3 is 14.0 Å². The van der Waals surface area contributed by atoms with Gasteiger partial charge in [0, 0.05) is 12.6 Å². The zero-order valence-electron chi connectivity index (χ0n) is 15.7. The topological polar surface area (TPSA) is 113 Å². The number of nitro benzene ring substituents is 1. The number of aromatic nitrogens is 1. The molecule has 1 amide bonds. The number of ether oxygens (including phenoxy) is 2. The van der Waals surface area contributed by atoms with E-state index in [1.54, 1.807) is 29.9 Å². The summed E-state index contributed by atoms with van der Waals surface area (Å²) in [5.41, 5.74) is 0.339. The molecule has 9 nitrogen and oxygen atoms in total. The molecule has 0 atom stereocenters. The molecule has 0 saturated heterocycles. The highest BCUT2D eigenvalue weighted by Gasteiger charge is 2.19. The van der Waals surface area contributed by atoms with Crippen LogP contribution in [0.15, 0.2) is 47.5 Å². The second kappa shape index (κ2) is 8.65. The van der Waals surface area contributed by atoms with E-state index in [1.165, 1.54) is 42.7 Å². The van der Waals surface area contributed by atoms with Gasteiger partial charge in [0.05, 0.1) is 35.8 Å². The number of nitrogens with zero attached hydrogens (tertiary/aromatic N) is 3. The number of carbonyl (C=O) groups is 2. The first-order chi connectivity index (χ1) is 13.9. The van der Waals surface area contributed by atoms with E-state index in [4.69, 9.17) is 4.74 Å². The molecule has 1 aromatic heterocycles. The Hall–Kier alpha value is -3.53. The summed E-state index contributed by atoms with van der Waals surface area (Å²) in [5.74, 6) is -0.501. The lowest BCUT2D eigenvalue weighted by atomic mass is 10.2. The van der Waals surface area contributed by atoms with Crippen molar-refractivity contribution in [1.82, 2.24) is 4.57 Å². The molecule has 10 heteroatoms. The monoisotopic (exact) mass is 415 g/mol. The summed E-state index contributed by atoms with van der Waals surface area (Å²) in [6.45, 7) is 0.238. The summed E-state index contributed by atoms with van der Waals surface area (Å²) < 4.78 is 12.4. The summed E-state index contributed by atoms with van der Waals surface area (Å²) in [6.07, 6.45) is 0.0845. The van der Waals surface area contributed by atoms with Gasteiger partial charge in [-0.3, -0.25) is 19.7 Å². The minimum absolute atomic E-state index is 0.0845. The molecule has 1 heterocycles. The average Bonchev–Trinajstić information content (AvgIpc) is 3.07. The van der Waals surface area contributed by atoms with Crippen molar-refractivity contribution in [3.63, 3.8) is 0 Å². The van der Waals surface area contributed by atoms with Gasteiger partial charge in [0.2, 0.25) is 0 Å². The SMILES string of the molecule is COC(=O)CCn1c(=NC(=O)c2ccccc2[N+](=O)[O-])sc2cc(OC)ccc21. The third kappa shape index (κ3) is 4.32. The van der Waals surface area contributed by atoms with Crippen molar-refractivity contribution < 1.29 is 24.0 Å². The van der Waals surface area contributed by atoms with Crippen LogP contribution in [0.4, 0.5) is 5.69 Å². The number of amides is 1. The fourth-order valence-corrected chi connectivity index (χ4v) is 3.83. The van der Waals surface area contributed by atoms with E-state index in [2.05, 4.69) is 9.73 Å². The van der Waals surface area contributed by atoms with E-state index in [-0.39, 0.29) is 24.2 Å². The Morgan fingerprint density at radius 3 is 2.66 bits per heavy atom. The Morgan fingerprint density at radius 1 is 1.21 bits per heavy atom. The molecule has 29 heavy (non-hydrogen) atoms. The normalized spacial score (nSPS) is 11.4. The molecule has 0 unspecified atom stereocenters. The second-order valence-corrected chi connectivity index (χ2v) is 6.90. The van der Waals surface area contributed by atoms with Crippen molar-refractivity contribution in [1.29, 1.82) is 0 Å². The molecule has 0 N–H and O–H groups in total. The first-order valence-corrected chi connectivity index (χ1v) is 9.33. The van der Waals surface area contributed by atoms with Crippen molar-refractivity contribution >= 4 is 39.1 Å². The van der Waals surface area contributed by atoms with Gasteiger partial charge in [0.25, 0.3) is 11.6 Å². The number of fused-ring (bicyclic) bond motifs is 1. The van der Waals surface area contributed by atoms with Crippen LogP contribution in [-0.2, 0) is 16.1 Å². The minimum Gasteiger partial charge on any atom is -0.497 e. The van der Waals surface area contributed by atoms with Crippen molar-refractivity contribution in [3.05, 3.63) is 62.9 Å². The molecular formula is C19H17N3O6S. The number of aryl methyl sites for hydroxylation is 1. The number of hydrogen-bond donors (Lipinski definition) is 0. The maximum absolute atomic E-state index is 12.7. The largest absolute Gasteiger partial charge is 0.497 e.